The number of nitrogens with one attached hydrogen (secondary N) is 1. The van der Waals surface area contributed by atoms with Crippen molar-refractivity contribution < 1.29 is 14.3 Å². The second kappa shape index (κ2) is 6.47. The Kier molecular flexibility index (Phi) is 4.57. The number of piperazine rings is 1. The molecule has 3 aliphatic heterocycles. The third-order valence-electron chi connectivity index (χ3n) is 4.76. The zero-order valence-corrected chi connectivity index (χ0v) is 14.1. The molecule has 3 rings (SSSR count). The molecule has 0 spiro atoms. The summed E-state index contributed by atoms with van der Waals surface area (Å²) < 4.78 is 5.29. The van der Waals surface area contributed by atoms with Crippen LogP contribution in [0.3, 0.4) is 0 Å². The highest BCUT2D eigenvalue weighted by Crippen LogP contribution is 2.23. The highest BCUT2D eigenvalue weighted by Gasteiger charge is 2.41. The molecule has 23 heavy (non-hydrogen) atoms. The van der Waals surface area contributed by atoms with Crippen molar-refractivity contribution in [3.05, 3.63) is 0 Å². The van der Waals surface area contributed by atoms with E-state index in [2.05, 4.69) is 24.2 Å². The SMILES string of the molecule is CC1=NC(C(=O)N2CCC[C@H]2C(=O)N2CC(C)NC(C)C2)CO1. The van der Waals surface area contributed by atoms with E-state index in [1.54, 1.807) is 11.8 Å². The van der Waals surface area contributed by atoms with E-state index in [1.165, 1.54) is 0 Å². The van der Waals surface area contributed by atoms with Crippen molar-refractivity contribution in [2.24, 2.45) is 4.99 Å². The molecule has 0 bridgehead atoms. The van der Waals surface area contributed by atoms with Gasteiger partial charge in [-0.05, 0) is 26.7 Å². The number of carbonyl (C=O) groups is 2. The molecular formula is C16H26N4O3. The Morgan fingerprint density at radius 1 is 1.22 bits per heavy atom. The summed E-state index contributed by atoms with van der Waals surface area (Å²) in [4.78, 5) is 33.5. The Labute approximate surface area is 137 Å². The van der Waals surface area contributed by atoms with Crippen LogP contribution in [0.4, 0.5) is 0 Å². The van der Waals surface area contributed by atoms with E-state index in [9.17, 15) is 9.59 Å². The van der Waals surface area contributed by atoms with Gasteiger partial charge in [-0.1, -0.05) is 0 Å². The quantitative estimate of drug-likeness (QED) is 0.777. The smallest absolute Gasteiger partial charge is 0.251 e. The number of likely N-dealkylation sites (tertiary alicyclic amines) is 1. The molecule has 2 saturated heterocycles. The fraction of sp³-hybridized carbons (Fsp3) is 0.812. The lowest BCUT2D eigenvalue weighted by molar-refractivity contribution is -0.145. The van der Waals surface area contributed by atoms with Crippen LogP contribution < -0.4 is 5.32 Å². The van der Waals surface area contributed by atoms with Crippen molar-refractivity contribution in [2.45, 2.75) is 57.8 Å². The Hall–Kier alpha value is -1.63. The average molecular weight is 322 g/mol. The number of rotatable bonds is 2. The molecule has 0 aromatic heterocycles. The number of hydrogen-bond donors (Lipinski definition) is 1. The third kappa shape index (κ3) is 3.34. The zero-order chi connectivity index (χ0) is 16.6. The van der Waals surface area contributed by atoms with Gasteiger partial charge in [0, 0.05) is 38.6 Å². The molecule has 128 valence electrons. The van der Waals surface area contributed by atoms with E-state index in [1.807, 2.05) is 4.90 Å². The summed E-state index contributed by atoms with van der Waals surface area (Å²) in [7, 11) is 0. The minimum Gasteiger partial charge on any atom is -0.478 e. The number of hydrogen-bond acceptors (Lipinski definition) is 5. The van der Waals surface area contributed by atoms with Crippen LogP contribution in [-0.4, -0.2) is 77.9 Å². The molecule has 2 amide bonds. The van der Waals surface area contributed by atoms with Crippen LogP contribution in [0.1, 0.15) is 33.6 Å². The van der Waals surface area contributed by atoms with Crippen molar-refractivity contribution in [1.29, 1.82) is 0 Å². The topological polar surface area (TPSA) is 74.2 Å². The average Bonchev–Trinajstić information content (AvgIpc) is 3.13. The molecule has 0 aliphatic carbocycles. The van der Waals surface area contributed by atoms with E-state index in [-0.39, 0.29) is 29.9 Å². The molecule has 7 nitrogen and oxygen atoms in total. The summed E-state index contributed by atoms with van der Waals surface area (Å²) in [5.41, 5.74) is 0. The second-order valence-electron chi connectivity index (χ2n) is 6.88. The summed E-state index contributed by atoms with van der Waals surface area (Å²) in [6, 6.07) is -0.257. The van der Waals surface area contributed by atoms with Crippen LogP contribution >= 0.6 is 0 Å². The number of amides is 2. The fourth-order valence-electron chi connectivity index (χ4n) is 3.82. The molecule has 2 fully saturated rings. The summed E-state index contributed by atoms with van der Waals surface area (Å²) in [5, 5.41) is 3.43. The molecule has 1 N–H and O–H groups in total. The summed E-state index contributed by atoms with van der Waals surface area (Å²) in [5.74, 6) is 0.555. The number of aliphatic imine (C=N–C) groups is 1. The minimum atomic E-state index is -0.482. The molecule has 0 aromatic rings. The predicted octanol–water partition coefficient (Wildman–Crippen LogP) is 0.00340. The normalized spacial score (nSPS) is 34.3. The van der Waals surface area contributed by atoms with Crippen LogP contribution in [0.25, 0.3) is 0 Å². The van der Waals surface area contributed by atoms with Crippen molar-refractivity contribution >= 4 is 17.7 Å². The van der Waals surface area contributed by atoms with Gasteiger partial charge in [-0.3, -0.25) is 9.59 Å². The molecular weight excluding hydrogens is 296 g/mol. The van der Waals surface area contributed by atoms with Gasteiger partial charge in [-0.15, -0.1) is 0 Å². The molecule has 0 aromatic carbocycles. The van der Waals surface area contributed by atoms with Crippen LogP contribution in [0.5, 0.6) is 0 Å². The van der Waals surface area contributed by atoms with Crippen molar-refractivity contribution in [2.75, 3.05) is 26.2 Å². The fourth-order valence-corrected chi connectivity index (χ4v) is 3.82. The van der Waals surface area contributed by atoms with Crippen molar-refractivity contribution in [3.63, 3.8) is 0 Å². The maximum Gasteiger partial charge on any atom is 0.251 e. The number of carbonyl (C=O) groups excluding carboxylic acids is 2. The maximum absolute atomic E-state index is 12.9. The van der Waals surface area contributed by atoms with Gasteiger partial charge in [0.05, 0.1) is 0 Å². The Balaban J connectivity index is 1.68. The van der Waals surface area contributed by atoms with Gasteiger partial charge < -0.3 is 19.9 Å². The van der Waals surface area contributed by atoms with Gasteiger partial charge >= 0.3 is 0 Å². The third-order valence-corrected chi connectivity index (χ3v) is 4.76. The first-order valence-electron chi connectivity index (χ1n) is 8.48. The summed E-state index contributed by atoms with van der Waals surface area (Å²) in [6.45, 7) is 8.25. The highest BCUT2D eigenvalue weighted by atomic mass is 16.5. The lowest BCUT2D eigenvalue weighted by atomic mass is 10.1. The molecule has 3 unspecified atom stereocenters. The molecule has 3 aliphatic rings. The van der Waals surface area contributed by atoms with E-state index in [0.29, 0.717) is 32.1 Å². The number of ether oxygens (including phenoxy) is 1. The minimum absolute atomic E-state index is 0.0751. The lowest BCUT2D eigenvalue weighted by Gasteiger charge is -2.38. The van der Waals surface area contributed by atoms with Crippen LogP contribution in [0.15, 0.2) is 4.99 Å². The van der Waals surface area contributed by atoms with Crippen molar-refractivity contribution in [3.8, 4) is 0 Å². The molecule has 3 heterocycles. The van der Waals surface area contributed by atoms with Crippen LogP contribution in [0, 0.1) is 0 Å². The molecule has 4 atom stereocenters. The highest BCUT2D eigenvalue weighted by molar-refractivity contribution is 5.92. The van der Waals surface area contributed by atoms with Gasteiger partial charge in [0.25, 0.3) is 5.91 Å². The largest absolute Gasteiger partial charge is 0.478 e. The standard InChI is InChI=1S/C16H26N4O3/c1-10-7-19(8-11(2)17-10)16(22)14-5-4-6-20(14)15(21)13-9-23-12(3)18-13/h10-11,13-14,17H,4-9H2,1-3H3/t10?,11?,13?,14-/m0/s1. The van der Waals surface area contributed by atoms with E-state index < -0.39 is 6.04 Å². The summed E-state index contributed by atoms with van der Waals surface area (Å²) in [6.07, 6.45) is 1.61. The monoisotopic (exact) mass is 322 g/mol. The number of nitrogens with zero attached hydrogens (tertiary/aromatic N) is 3. The molecule has 0 radical (unpaired) electrons. The van der Waals surface area contributed by atoms with Gasteiger partial charge in [-0.2, -0.15) is 0 Å². The van der Waals surface area contributed by atoms with E-state index in [0.717, 1.165) is 12.8 Å². The lowest BCUT2D eigenvalue weighted by Crippen LogP contribution is -2.59. The first-order valence-corrected chi connectivity index (χ1v) is 8.48. The Morgan fingerprint density at radius 3 is 2.52 bits per heavy atom. The van der Waals surface area contributed by atoms with Gasteiger partial charge in [0.1, 0.15) is 12.6 Å². The molecule has 7 heteroatoms. The first kappa shape index (κ1) is 16.2. The van der Waals surface area contributed by atoms with E-state index >= 15 is 0 Å². The Morgan fingerprint density at radius 2 is 1.91 bits per heavy atom. The Bertz CT molecular complexity index is 511. The zero-order valence-electron chi connectivity index (χ0n) is 14.1. The summed E-state index contributed by atoms with van der Waals surface area (Å²) >= 11 is 0. The van der Waals surface area contributed by atoms with Gasteiger partial charge in [0.15, 0.2) is 11.9 Å². The molecule has 0 saturated carbocycles. The second-order valence-corrected chi connectivity index (χ2v) is 6.88. The van der Waals surface area contributed by atoms with Crippen LogP contribution in [-0.2, 0) is 14.3 Å². The maximum atomic E-state index is 12.9. The first-order chi connectivity index (χ1) is 11.0. The van der Waals surface area contributed by atoms with E-state index in [4.69, 9.17) is 4.74 Å². The van der Waals surface area contributed by atoms with Gasteiger partial charge in [-0.25, -0.2) is 4.99 Å². The van der Waals surface area contributed by atoms with Gasteiger partial charge in [0.2, 0.25) is 5.91 Å². The van der Waals surface area contributed by atoms with Crippen molar-refractivity contribution in [1.82, 2.24) is 15.1 Å². The van der Waals surface area contributed by atoms with Crippen LogP contribution in [0.2, 0.25) is 0 Å². The predicted molar refractivity (Wildman–Crippen MR) is 86.2 cm³/mol.